The highest BCUT2D eigenvalue weighted by Gasteiger charge is 2.23. The lowest BCUT2D eigenvalue weighted by molar-refractivity contribution is 0.0961. The Balaban J connectivity index is 0. The number of nitrogens with zero attached hydrogens (tertiary/aromatic N) is 1. The van der Waals surface area contributed by atoms with Crippen molar-refractivity contribution in [2.24, 2.45) is 12.8 Å². The minimum atomic E-state index is -0.565. The number of amides is 1. The van der Waals surface area contributed by atoms with Gasteiger partial charge in [0.05, 0.1) is 18.9 Å². The molecule has 0 unspecified atom stereocenters. The van der Waals surface area contributed by atoms with E-state index in [-0.39, 0.29) is 54.8 Å². The maximum atomic E-state index is 14.4. The number of hydrogen-bond acceptors (Lipinski definition) is 7. The summed E-state index contributed by atoms with van der Waals surface area (Å²) < 4.78 is 35.3. The summed E-state index contributed by atoms with van der Waals surface area (Å²) in [7, 11) is 4.36. The van der Waals surface area contributed by atoms with Crippen LogP contribution >= 0.6 is 0 Å². The first-order chi connectivity index (χ1) is 18.1. The predicted molar refractivity (Wildman–Crippen MR) is 153 cm³/mol. The van der Waals surface area contributed by atoms with Crippen molar-refractivity contribution in [2.45, 2.75) is 35.1 Å². The number of pyridine rings is 1. The van der Waals surface area contributed by atoms with Crippen molar-refractivity contribution in [2.75, 3.05) is 32.6 Å². The Morgan fingerprint density at radius 2 is 1.59 bits per heavy atom. The van der Waals surface area contributed by atoms with Crippen LogP contribution in [0.25, 0.3) is 0 Å². The lowest BCUT2D eigenvalue weighted by atomic mass is 10.1. The van der Waals surface area contributed by atoms with Gasteiger partial charge in [-0.1, -0.05) is 33.4 Å². The minimum absolute atomic E-state index is 0. The number of nitrogens with one attached hydrogen (secondary N) is 2. The van der Waals surface area contributed by atoms with Crippen LogP contribution in [0.3, 0.4) is 0 Å². The molecule has 0 radical (unpaired) electrons. The van der Waals surface area contributed by atoms with Gasteiger partial charge in [0.2, 0.25) is 0 Å². The molecule has 0 saturated heterocycles. The highest BCUT2D eigenvalue weighted by molar-refractivity contribution is 6.02. The number of nitrogens with two attached hydrogens (primary N) is 1. The molecule has 0 aliphatic carbocycles. The van der Waals surface area contributed by atoms with E-state index in [0.717, 1.165) is 11.6 Å². The lowest BCUT2D eigenvalue weighted by Gasteiger charge is -2.19. The summed E-state index contributed by atoms with van der Waals surface area (Å²) in [6.07, 6.45) is 0. The molecule has 1 heterocycles. The van der Waals surface area contributed by atoms with Crippen LogP contribution in [-0.2, 0) is 7.05 Å². The smallest absolute Gasteiger partial charge is 0.258 e. The van der Waals surface area contributed by atoms with Crippen molar-refractivity contribution >= 4 is 17.4 Å². The van der Waals surface area contributed by atoms with Crippen molar-refractivity contribution in [1.29, 1.82) is 0 Å². The monoisotopic (exact) mass is 552 g/mol. The fourth-order valence-corrected chi connectivity index (χ4v) is 2.91. The molecule has 2 aromatic carbocycles. The van der Waals surface area contributed by atoms with Gasteiger partial charge in [0.25, 0.3) is 11.5 Å². The van der Waals surface area contributed by atoms with Crippen LogP contribution in [0.4, 0.5) is 20.3 Å². The molecule has 218 valence electrons. The van der Waals surface area contributed by atoms with Crippen LogP contribution in [0, 0.1) is 25.5 Å². The topological polar surface area (TPSA) is 139 Å². The van der Waals surface area contributed by atoms with Gasteiger partial charge in [-0.25, -0.2) is 8.78 Å². The molecule has 1 amide bonds. The number of aliphatic hydroxyl groups is 2. The number of aryl methyl sites for hydroxylation is 1. The third-order valence-corrected chi connectivity index (χ3v) is 4.77. The Hall–Kier alpha value is -3.80. The molecule has 0 bridgehead atoms. The number of halogens is 2. The molecule has 39 heavy (non-hydrogen) atoms. The van der Waals surface area contributed by atoms with Crippen LogP contribution in [0.15, 0.2) is 47.3 Å². The molecule has 11 heteroatoms. The number of hydrogen-bond donors (Lipinski definition) is 5. The summed E-state index contributed by atoms with van der Waals surface area (Å²) >= 11 is 0. The van der Waals surface area contributed by atoms with Crippen LogP contribution in [0.5, 0.6) is 11.5 Å². The summed E-state index contributed by atoms with van der Waals surface area (Å²) in [5, 5.41) is 20.6. The van der Waals surface area contributed by atoms with E-state index in [2.05, 4.69) is 16.4 Å². The highest BCUT2D eigenvalue weighted by Crippen LogP contribution is 2.33. The molecular formula is C28H42F2N4O5. The fraction of sp³-hybridized carbons (Fsp3) is 0.357. The average Bonchev–Trinajstić information content (AvgIpc) is 2.93. The summed E-state index contributed by atoms with van der Waals surface area (Å²) in [5.74, 6) is -1.49. The van der Waals surface area contributed by atoms with Gasteiger partial charge in [-0.15, -0.1) is 0 Å². The number of benzene rings is 2. The Morgan fingerprint density at radius 1 is 1.00 bits per heavy atom. The average molecular weight is 553 g/mol. The molecule has 0 fully saturated rings. The standard InChI is InChI=1S/C22H21F2N3O3.C2H6O2.C2H6.CH5N.CH4/c1-12-8-9-16(15(24)10-12)26-21-20(22(29)25-3)18(11-19(28)27(21)4)30-17-7-5-6-14(23)13(17)2;3-1-2-4;2*1-2;/h5-11,26H,1-4H3,(H,25,29);3-4H,1-2H2;1-2H3;2H2,1H3;1H4. The second-order valence-electron chi connectivity index (χ2n) is 7.23. The number of aliphatic hydroxyl groups excluding tert-OH is 2. The maximum Gasteiger partial charge on any atom is 0.258 e. The first-order valence-electron chi connectivity index (χ1n) is 11.9. The molecule has 6 N–H and O–H groups in total. The summed E-state index contributed by atoms with van der Waals surface area (Å²) in [5.41, 5.74) is 5.00. The van der Waals surface area contributed by atoms with Crippen molar-refractivity contribution in [3.63, 3.8) is 0 Å². The Bertz CT molecular complexity index is 1230. The Kier molecular flexibility index (Phi) is 18.5. The zero-order valence-corrected chi connectivity index (χ0v) is 22.9. The number of carbonyl (C=O) groups is 1. The van der Waals surface area contributed by atoms with E-state index in [4.69, 9.17) is 14.9 Å². The van der Waals surface area contributed by atoms with Crippen LogP contribution in [0.2, 0.25) is 0 Å². The molecule has 0 atom stereocenters. The van der Waals surface area contributed by atoms with Gasteiger partial charge in [0.15, 0.2) is 0 Å². The highest BCUT2D eigenvalue weighted by atomic mass is 19.1. The second kappa shape index (κ2) is 19.3. The van der Waals surface area contributed by atoms with E-state index in [1.165, 1.54) is 63.0 Å². The van der Waals surface area contributed by atoms with Crippen molar-refractivity contribution < 1.29 is 28.5 Å². The van der Waals surface area contributed by atoms with Gasteiger partial charge in [0, 0.05) is 25.7 Å². The van der Waals surface area contributed by atoms with Crippen LogP contribution in [0.1, 0.15) is 42.8 Å². The Morgan fingerprint density at radius 3 is 2.10 bits per heavy atom. The second-order valence-corrected chi connectivity index (χ2v) is 7.23. The molecule has 0 saturated carbocycles. The fourth-order valence-electron chi connectivity index (χ4n) is 2.91. The number of anilines is 2. The van der Waals surface area contributed by atoms with E-state index in [1.54, 1.807) is 13.0 Å². The van der Waals surface area contributed by atoms with E-state index in [1.807, 2.05) is 13.8 Å². The first-order valence-corrected chi connectivity index (χ1v) is 11.9. The Labute approximate surface area is 229 Å². The summed E-state index contributed by atoms with van der Waals surface area (Å²) in [6.45, 7) is 7.01. The number of rotatable bonds is 6. The zero-order valence-electron chi connectivity index (χ0n) is 22.9. The van der Waals surface area contributed by atoms with E-state index in [9.17, 15) is 18.4 Å². The largest absolute Gasteiger partial charge is 0.456 e. The van der Waals surface area contributed by atoms with E-state index in [0.29, 0.717) is 0 Å². The van der Waals surface area contributed by atoms with Gasteiger partial charge < -0.3 is 31.3 Å². The van der Waals surface area contributed by atoms with Gasteiger partial charge in [-0.3, -0.25) is 14.2 Å². The molecular weight excluding hydrogens is 510 g/mol. The quantitative estimate of drug-likeness (QED) is 0.306. The van der Waals surface area contributed by atoms with E-state index >= 15 is 0 Å². The molecule has 0 aliphatic rings. The molecule has 0 spiro atoms. The number of aromatic nitrogens is 1. The molecule has 3 rings (SSSR count). The van der Waals surface area contributed by atoms with Crippen molar-refractivity contribution in [1.82, 2.24) is 9.88 Å². The van der Waals surface area contributed by atoms with Gasteiger partial charge in [-0.2, -0.15) is 0 Å². The normalized spacial score (nSPS) is 9.23. The minimum Gasteiger partial charge on any atom is -0.456 e. The third-order valence-electron chi connectivity index (χ3n) is 4.77. The van der Waals surface area contributed by atoms with Crippen LogP contribution < -0.4 is 26.7 Å². The van der Waals surface area contributed by atoms with Gasteiger partial charge in [-0.05, 0) is 50.7 Å². The molecule has 9 nitrogen and oxygen atoms in total. The van der Waals surface area contributed by atoms with E-state index < -0.39 is 23.1 Å². The summed E-state index contributed by atoms with van der Waals surface area (Å²) in [4.78, 5) is 25.2. The molecule has 1 aromatic heterocycles. The number of ether oxygens (including phenoxy) is 1. The summed E-state index contributed by atoms with van der Waals surface area (Å²) in [6, 6.07) is 9.92. The van der Waals surface area contributed by atoms with Crippen molar-refractivity contribution in [3.8, 4) is 11.5 Å². The molecule has 0 aliphatic heterocycles. The predicted octanol–water partition coefficient (Wildman–Crippen LogP) is 4.38. The first kappa shape index (κ1) is 37.4. The third kappa shape index (κ3) is 10.5. The van der Waals surface area contributed by atoms with Crippen molar-refractivity contribution in [3.05, 3.63) is 81.1 Å². The van der Waals surface area contributed by atoms with Gasteiger partial charge in [0.1, 0.15) is 34.5 Å². The maximum absolute atomic E-state index is 14.4. The van der Waals surface area contributed by atoms with Crippen LogP contribution in [-0.4, -0.2) is 48.0 Å². The number of carbonyl (C=O) groups excluding carboxylic acids is 1. The van der Waals surface area contributed by atoms with Gasteiger partial charge >= 0.3 is 0 Å². The SMILES string of the molecule is C.CC.CN.CNC(=O)c1c(Oc2cccc(F)c2C)cc(=O)n(C)c1Nc1ccc(C)cc1F.OCCO. The lowest BCUT2D eigenvalue weighted by Crippen LogP contribution is -2.27. The zero-order chi connectivity index (χ0) is 29.4. The molecule has 3 aromatic rings.